The van der Waals surface area contributed by atoms with Gasteiger partial charge in [-0.25, -0.2) is 4.98 Å². The first-order chi connectivity index (χ1) is 17.9. The zero-order valence-corrected chi connectivity index (χ0v) is 20.7. The van der Waals surface area contributed by atoms with Crippen LogP contribution in [0.4, 0.5) is 5.82 Å². The van der Waals surface area contributed by atoms with E-state index in [2.05, 4.69) is 15.1 Å². The second kappa shape index (κ2) is 9.69. The first kappa shape index (κ1) is 23.9. The number of nitrogens with two attached hydrogens (primary N) is 1. The fourth-order valence-corrected chi connectivity index (χ4v) is 4.47. The van der Waals surface area contributed by atoms with Crippen LogP contribution in [0.25, 0.3) is 22.0 Å². The number of ether oxygens (including phenoxy) is 1. The number of carbonyl (C=O) groups excluding carboxylic acids is 1. The molecule has 0 fully saturated rings. The van der Waals surface area contributed by atoms with Crippen molar-refractivity contribution in [2.24, 2.45) is 0 Å². The van der Waals surface area contributed by atoms with Gasteiger partial charge in [-0.1, -0.05) is 17.3 Å². The standard InChI is InChI=1S/C28H25N5O4/c1-16-27(17(2)37-32-16)22-12-19-11-21(24(34)10-18-7-8-26(29)31-14-18)28(35)33(23(19)13-25(22)36-3)15-20-6-4-5-9-30-20/h4-9,11-14H,10,15H2,1-3H3,(H2,29,31). The average molecular weight is 496 g/mol. The maximum atomic E-state index is 13.7. The zero-order valence-electron chi connectivity index (χ0n) is 20.7. The summed E-state index contributed by atoms with van der Waals surface area (Å²) < 4.78 is 12.7. The molecule has 2 N–H and O–H groups in total. The van der Waals surface area contributed by atoms with Gasteiger partial charge in [0.25, 0.3) is 5.56 Å². The van der Waals surface area contributed by atoms with Crippen LogP contribution >= 0.6 is 0 Å². The van der Waals surface area contributed by atoms with Crippen molar-refractivity contribution in [2.45, 2.75) is 26.8 Å². The Kier molecular flexibility index (Phi) is 6.27. The number of anilines is 1. The predicted molar refractivity (Wildman–Crippen MR) is 140 cm³/mol. The third-order valence-electron chi connectivity index (χ3n) is 6.28. The van der Waals surface area contributed by atoms with Gasteiger partial charge in [-0.15, -0.1) is 0 Å². The lowest BCUT2D eigenvalue weighted by Crippen LogP contribution is -2.28. The number of pyridine rings is 3. The minimum Gasteiger partial charge on any atom is -0.496 e. The Morgan fingerprint density at radius 1 is 1.11 bits per heavy atom. The van der Waals surface area contributed by atoms with E-state index < -0.39 is 5.56 Å². The summed E-state index contributed by atoms with van der Waals surface area (Å²) >= 11 is 0. The summed E-state index contributed by atoms with van der Waals surface area (Å²) in [5.41, 5.74) is 9.60. The smallest absolute Gasteiger partial charge is 0.262 e. The van der Waals surface area contributed by atoms with Gasteiger partial charge < -0.3 is 19.6 Å². The number of hydrogen-bond donors (Lipinski definition) is 1. The topological polar surface area (TPSA) is 126 Å². The number of benzene rings is 1. The lowest BCUT2D eigenvalue weighted by atomic mass is 9.98. The molecule has 5 aromatic rings. The molecule has 0 bridgehead atoms. The highest BCUT2D eigenvalue weighted by atomic mass is 16.5. The molecule has 0 aliphatic heterocycles. The Balaban J connectivity index is 1.72. The van der Waals surface area contributed by atoms with Crippen LogP contribution in [0, 0.1) is 13.8 Å². The van der Waals surface area contributed by atoms with Crippen molar-refractivity contribution in [3.8, 4) is 16.9 Å². The SMILES string of the molecule is COc1cc2c(cc1-c1c(C)noc1C)cc(C(=O)Cc1ccc(N)nc1)c(=O)n2Cc1ccccn1. The molecule has 5 rings (SSSR count). The first-order valence-corrected chi connectivity index (χ1v) is 11.7. The Bertz CT molecular complexity index is 1650. The summed E-state index contributed by atoms with van der Waals surface area (Å²) in [6, 6.07) is 14.2. The molecule has 4 heterocycles. The summed E-state index contributed by atoms with van der Waals surface area (Å²) in [7, 11) is 1.57. The van der Waals surface area contributed by atoms with E-state index in [4.69, 9.17) is 15.0 Å². The van der Waals surface area contributed by atoms with E-state index in [1.165, 1.54) is 0 Å². The van der Waals surface area contributed by atoms with E-state index in [-0.39, 0.29) is 24.3 Å². The van der Waals surface area contributed by atoms with Crippen LogP contribution in [0.3, 0.4) is 0 Å². The van der Waals surface area contributed by atoms with Crippen molar-refractivity contribution < 1.29 is 14.1 Å². The summed E-state index contributed by atoms with van der Waals surface area (Å²) in [5, 5.41) is 4.77. The third-order valence-corrected chi connectivity index (χ3v) is 6.28. The quantitative estimate of drug-likeness (QED) is 0.334. The first-order valence-electron chi connectivity index (χ1n) is 11.7. The Morgan fingerprint density at radius 3 is 2.59 bits per heavy atom. The zero-order chi connectivity index (χ0) is 26.1. The highest BCUT2D eigenvalue weighted by Gasteiger charge is 2.21. The molecule has 0 radical (unpaired) electrons. The number of rotatable bonds is 7. The van der Waals surface area contributed by atoms with Gasteiger partial charge >= 0.3 is 0 Å². The second-order valence-electron chi connectivity index (χ2n) is 8.77. The van der Waals surface area contributed by atoms with Crippen LogP contribution < -0.4 is 16.0 Å². The van der Waals surface area contributed by atoms with Crippen molar-refractivity contribution in [3.63, 3.8) is 0 Å². The molecule has 186 valence electrons. The number of carbonyl (C=O) groups is 1. The van der Waals surface area contributed by atoms with Crippen LogP contribution in [-0.2, 0) is 13.0 Å². The number of nitrogens with zero attached hydrogens (tertiary/aromatic N) is 4. The number of ketones is 1. The number of nitrogen functional groups attached to an aromatic ring is 1. The van der Waals surface area contributed by atoms with Gasteiger partial charge in [0.05, 0.1) is 41.7 Å². The maximum Gasteiger partial charge on any atom is 0.262 e. The molecule has 4 aromatic heterocycles. The number of fused-ring (bicyclic) bond motifs is 1. The van der Waals surface area contributed by atoms with Crippen LogP contribution in [0.1, 0.15) is 33.1 Å². The molecule has 0 atom stereocenters. The van der Waals surface area contributed by atoms with Gasteiger partial charge in [0.2, 0.25) is 0 Å². The normalized spacial score (nSPS) is 11.1. The molecular weight excluding hydrogens is 470 g/mol. The van der Waals surface area contributed by atoms with Gasteiger partial charge in [-0.3, -0.25) is 14.6 Å². The largest absolute Gasteiger partial charge is 0.496 e. The van der Waals surface area contributed by atoms with Gasteiger partial charge in [0.1, 0.15) is 17.3 Å². The van der Waals surface area contributed by atoms with Gasteiger partial charge in [-0.05, 0) is 49.7 Å². The van der Waals surface area contributed by atoms with Gasteiger partial charge in [0, 0.05) is 35.8 Å². The van der Waals surface area contributed by atoms with Crippen molar-refractivity contribution in [3.05, 3.63) is 99.6 Å². The Hall–Kier alpha value is -4.79. The van der Waals surface area contributed by atoms with E-state index in [9.17, 15) is 9.59 Å². The summed E-state index contributed by atoms with van der Waals surface area (Å²) in [6.07, 6.45) is 3.23. The van der Waals surface area contributed by atoms with Crippen LogP contribution in [0.15, 0.2) is 70.2 Å². The summed E-state index contributed by atoms with van der Waals surface area (Å²) in [4.78, 5) is 35.5. The lowest BCUT2D eigenvalue weighted by molar-refractivity contribution is 0.0991. The van der Waals surface area contributed by atoms with E-state index in [1.54, 1.807) is 48.3 Å². The van der Waals surface area contributed by atoms with Crippen LogP contribution in [0.2, 0.25) is 0 Å². The summed E-state index contributed by atoms with van der Waals surface area (Å²) in [5.74, 6) is 1.25. The molecule has 1 aromatic carbocycles. The lowest BCUT2D eigenvalue weighted by Gasteiger charge is -2.16. The number of hydrogen-bond acceptors (Lipinski definition) is 8. The molecule has 0 amide bonds. The monoisotopic (exact) mass is 495 g/mol. The third kappa shape index (κ3) is 4.58. The Labute approximate surface area is 212 Å². The van der Waals surface area contributed by atoms with Crippen molar-refractivity contribution >= 4 is 22.5 Å². The van der Waals surface area contributed by atoms with Crippen molar-refractivity contribution in [1.29, 1.82) is 0 Å². The molecule has 0 saturated heterocycles. The molecule has 37 heavy (non-hydrogen) atoms. The molecule has 0 aliphatic rings. The van der Waals surface area contributed by atoms with E-state index in [0.717, 1.165) is 11.1 Å². The summed E-state index contributed by atoms with van der Waals surface area (Å²) in [6.45, 7) is 3.87. The highest BCUT2D eigenvalue weighted by molar-refractivity contribution is 6.01. The maximum absolute atomic E-state index is 13.7. The Morgan fingerprint density at radius 2 is 1.95 bits per heavy atom. The molecule has 9 nitrogen and oxygen atoms in total. The molecule has 0 spiro atoms. The predicted octanol–water partition coefficient (Wildman–Crippen LogP) is 4.13. The number of aryl methyl sites for hydroxylation is 2. The molecule has 9 heteroatoms. The molecule has 0 unspecified atom stereocenters. The number of Topliss-reactive ketones (excluding diaryl/α,β-unsaturated/α-hetero) is 1. The second-order valence-corrected chi connectivity index (χ2v) is 8.77. The van der Waals surface area contributed by atoms with Crippen LogP contribution in [0.5, 0.6) is 5.75 Å². The fourth-order valence-electron chi connectivity index (χ4n) is 4.47. The minimum absolute atomic E-state index is 0.0183. The minimum atomic E-state index is -0.404. The number of aromatic nitrogens is 4. The van der Waals surface area contributed by atoms with Crippen molar-refractivity contribution in [2.75, 3.05) is 12.8 Å². The number of methoxy groups -OCH3 is 1. The molecule has 0 saturated carbocycles. The van der Waals surface area contributed by atoms with Crippen LogP contribution in [-0.4, -0.2) is 32.6 Å². The molecular formula is C28H25N5O4. The highest BCUT2D eigenvalue weighted by Crippen LogP contribution is 2.37. The van der Waals surface area contributed by atoms with E-state index >= 15 is 0 Å². The van der Waals surface area contributed by atoms with Gasteiger partial charge in [0.15, 0.2) is 5.78 Å². The van der Waals surface area contributed by atoms with Crippen molar-refractivity contribution in [1.82, 2.24) is 19.7 Å². The fraction of sp³-hybridized carbons (Fsp3) is 0.179. The average Bonchev–Trinajstić information content (AvgIpc) is 3.24. The molecule has 0 aliphatic carbocycles. The van der Waals surface area contributed by atoms with Gasteiger partial charge in [-0.2, -0.15) is 0 Å². The van der Waals surface area contributed by atoms with E-state index in [0.29, 0.717) is 45.2 Å². The van der Waals surface area contributed by atoms with E-state index in [1.807, 2.05) is 38.1 Å².